The van der Waals surface area contributed by atoms with E-state index in [4.69, 9.17) is 0 Å². The van der Waals surface area contributed by atoms with Crippen LogP contribution in [-0.4, -0.2) is 32.7 Å². The zero-order valence-corrected chi connectivity index (χ0v) is 14.0. The molecule has 24 heavy (non-hydrogen) atoms. The normalized spacial score (nSPS) is 11.1. The summed E-state index contributed by atoms with van der Waals surface area (Å²) in [5, 5.41) is 9.41. The molecule has 3 rings (SSSR count). The van der Waals surface area contributed by atoms with Crippen molar-refractivity contribution in [3.05, 3.63) is 83.8 Å². The minimum absolute atomic E-state index is 0.149. The van der Waals surface area contributed by atoms with Gasteiger partial charge in [-0.05, 0) is 36.8 Å². The van der Waals surface area contributed by atoms with Gasteiger partial charge in [0, 0.05) is 37.2 Å². The molecule has 0 aliphatic heterocycles. The molecule has 2 heterocycles. The Kier molecular flexibility index (Phi) is 5.41. The lowest BCUT2D eigenvalue weighted by molar-refractivity contribution is 0.182. The molecule has 0 radical (unpaired) electrons. The molecule has 0 unspecified atom stereocenters. The zero-order valence-electron chi connectivity index (χ0n) is 14.0. The summed E-state index contributed by atoms with van der Waals surface area (Å²) >= 11 is 0. The van der Waals surface area contributed by atoms with Crippen molar-refractivity contribution in [2.75, 3.05) is 13.2 Å². The van der Waals surface area contributed by atoms with Crippen LogP contribution in [0, 0.1) is 6.92 Å². The van der Waals surface area contributed by atoms with Crippen LogP contribution < -0.4 is 0 Å². The number of aromatic nitrogens is 2. The third-order valence-corrected chi connectivity index (χ3v) is 4.00. The molecule has 4 heteroatoms. The van der Waals surface area contributed by atoms with E-state index < -0.39 is 0 Å². The van der Waals surface area contributed by atoms with Crippen LogP contribution in [-0.2, 0) is 13.1 Å². The Morgan fingerprint density at radius 1 is 0.958 bits per heavy atom. The second kappa shape index (κ2) is 7.90. The summed E-state index contributed by atoms with van der Waals surface area (Å²) in [6, 6.07) is 20.5. The molecule has 0 fully saturated rings. The van der Waals surface area contributed by atoms with E-state index in [0.29, 0.717) is 6.54 Å². The van der Waals surface area contributed by atoms with E-state index in [1.54, 1.807) is 0 Å². The molecule has 0 aliphatic rings. The second-order valence-corrected chi connectivity index (χ2v) is 5.93. The number of rotatable bonds is 7. The molecule has 0 saturated carbocycles. The van der Waals surface area contributed by atoms with Gasteiger partial charge < -0.3 is 9.67 Å². The van der Waals surface area contributed by atoms with Crippen molar-refractivity contribution in [2.45, 2.75) is 20.0 Å². The van der Waals surface area contributed by atoms with Gasteiger partial charge in [0.1, 0.15) is 5.82 Å². The highest BCUT2D eigenvalue weighted by Gasteiger charge is 2.11. The average molecular weight is 321 g/mol. The van der Waals surface area contributed by atoms with E-state index >= 15 is 0 Å². The Balaban J connectivity index is 1.79. The van der Waals surface area contributed by atoms with Gasteiger partial charge >= 0.3 is 0 Å². The van der Waals surface area contributed by atoms with Gasteiger partial charge in [-0.15, -0.1) is 0 Å². The first-order valence-electron chi connectivity index (χ1n) is 8.23. The van der Waals surface area contributed by atoms with Crippen molar-refractivity contribution in [3.63, 3.8) is 0 Å². The minimum Gasteiger partial charge on any atom is -0.395 e. The standard InChI is InChI=1S/C20H23N3O/c1-17-7-5-11-20(21-17)23-12-6-10-19(23)16-22(13-14-24)15-18-8-3-2-4-9-18/h2-12,24H,13-16H2,1H3. The van der Waals surface area contributed by atoms with E-state index in [0.717, 1.165) is 30.3 Å². The van der Waals surface area contributed by atoms with Crippen LogP contribution in [0.3, 0.4) is 0 Å². The number of aliphatic hydroxyl groups excluding tert-OH is 1. The van der Waals surface area contributed by atoms with Crippen molar-refractivity contribution in [1.29, 1.82) is 0 Å². The molecule has 0 spiro atoms. The van der Waals surface area contributed by atoms with Crippen molar-refractivity contribution < 1.29 is 5.11 Å². The highest BCUT2D eigenvalue weighted by Crippen LogP contribution is 2.15. The van der Waals surface area contributed by atoms with Gasteiger partial charge in [-0.1, -0.05) is 36.4 Å². The number of pyridine rings is 1. The number of hydrogen-bond donors (Lipinski definition) is 1. The lowest BCUT2D eigenvalue weighted by Gasteiger charge is -2.22. The van der Waals surface area contributed by atoms with Gasteiger partial charge in [-0.2, -0.15) is 0 Å². The van der Waals surface area contributed by atoms with Gasteiger partial charge in [-0.3, -0.25) is 4.90 Å². The van der Waals surface area contributed by atoms with Crippen molar-refractivity contribution in [1.82, 2.24) is 14.5 Å². The number of benzene rings is 1. The van der Waals surface area contributed by atoms with Crippen LogP contribution in [0.25, 0.3) is 5.82 Å². The average Bonchev–Trinajstić information content (AvgIpc) is 3.04. The predicted octanol–water partition coefficient (Wildman–Crippen LogP) is 3.18. The predicted molar refractivity (Wildman–Crippen MR) is 95.9 cm³/mol. The maximum Gasteiger partial charge on any atom is 0.137 e. The van der Waals surface area contributed by atoms with Crippen LogP contribution in [0.15, 0.2) is 66.9 Å². The molecule has 4 nitrogen and oxygen atoms in total. The summed E-state index contributed by atoms with van der Waals surface area (Å²) in [6.45, 7) is 4.36. The van der Waals surface area contributed by atoms with Crippen LogP contribution in [0.4, 0.5) is 0 Å². The first-order valence-corrected chi connectivity index (χ1v) is 8.23. The Morgan fingerprint density at radius 3 is 2.54 bits per heavy atom. The molecule has 124 valence electrons. The summed E-state index contributed by atoms with van der Waals surface area (Å²) in [5.74, 6) is 0.929. The molecule has 0 amide bonds. The molecule has 1 aromatic carbocycles. The van der Waals surface area contributed by atoms with E-state index in [-0.39, 0.29) is 6.61 Å². The Morgan fingerprint density at radius 2 is 1.79 bits per heavy atom. The monoisotopic (exact) mass is 321 g/mol. The molecule has 0 saturated heterocycles. The smallest absolute Gasteiger partial charge is 0.137 e. The van der Waals surface area contributed by atoms with E-state index in [9.17, 15) is 5.11 Å². The minimum atomic E-state index is 0.149. The Hall–Kier alpha value is -2.43. The summed E-state index contributed by atoms with van der Waals surface area (Å²) in [6.07, 6.45) is 2.04. The third kappa shape index (κ3) is 4.10. The fourth-order valence-electron chi connectivity index (χ4n) is 2.86. The largest absolute Gasteiger partial charge is 0.395 e. The maximum atomic E-state index is 9.41. The van der Waals surface area contributed by atoms with Crippen LogP contribution in [0.2, 0.25) is 0 Å². The van der Waals surface area contributed by atoms with Gasteiger partial charge in [0.25, 0.3) is 0 Å². The quantitative estimate of drug-likeness (QED) is 0.727. The van der Waals surface area contributed by atoms with E-state index in [2.05, 4.69) is 32.7 Å². The topological polar surface area (TPSA) is 41.3 Å². The molecule has 3 aromatic rings. The van der Waals surface area contributed by atoms with Crippen molar-refractivity contribution >= 4 is 0 Å². The molecular formula is C20H23N3O. The summed E-state index contributed by atoms with van der Waals surface area (Å²) in [4.78, 5) is 6.86. The van der Waals surface area contributed by atoms with Crippen molar-refractivity contribution in [3.8, 4) is 5.82 Å². The first kappa shape index (κ1) is 16.4. The summed E-state index contributed by atoms with van der Waals surface area (Å²) in [5.41, 5.74) is 3.42. The summed E-state index contributed by atoms with van der Waals surface area (Å²) in [7, 11) is 0. The second-order valence-electron chi connectivity index (χ2n) is 5.93. The lowest BCUT2D eigenvalue weighted by Crippen LogP contribution is -2.27. The van der Waals surface area contributed by atoms with Crippen LogP contribution in [0.1, 0.15) is 17.0 Å². The highest BCUT2D eigenvalue weighted by molar-refractivity contribution is 5.29. The highest BCUT2D eigenvalue weighted by atomic mass is 16.3. The Labute approximate surface area is 143 Å². The van der Waals surface area contributed by atoms with Crippen LogP contribution >= 0.6 is 0 Å². The van der Waals surface area contributed by atoms with Gasteiger partial charge in [0.05, 0.1) is 6.61 Å². The Bertz CT molecular complexity index is 767. The number of nitrogens with zero attached hydrogens (tertiary/aromatic N) is 3. The van der Waals surface area contributed by atoms with Gasteiger partial charge in [0.2, 0.25) is 0 Å². The number of aryl methyl sites for hydroxylation is 1. The van der Waals surface area contributed by atoms with Crippen LogP contribution in [0.5, 0.6) is 0 Å². The fourth-order valence-corrected chi connectivity index (χ4v) is 2.86. The lowest BCUT2D eigenvalue weighted by atomic mass is 10.2. The number of hydrogen-bond acceptors (Lipinski definition) is 3. The van der Waals surface area contributed by atoms with E-state index in [1.165, 1.54) is 5.56 Å². The number of aliphatic hydroxyl groups is 1. The summed E-state index contributed by atoms with van der Waals surface area (Å²) < 4.78 is 2.11. The molecule has 0 bridgehead atoms. The molecule has 0 atom stereocenters. The molecule has 1 N–H and O–H groups in total. The molecule has 0 aliphatic carbocycles. The molecular weight excluding hydrogens is 298 g/mol. The zero-order chi connectivity index (χ0) is 16.8. The van der Waals surface area contributed by atoms with Gasteiger partial charge in [-0.25, -0.2) is 4.98 Å². The first-order chi connectivity index (χ1) is 11.8. The molecule has 2 aromatic heterocycles. The third-order valence-electron chi connectivity index (χ3n) is 4.00. The van der Waals surface area contributed by atoms with Gasteiger partial charge in [0.15, 0.2) is 0 Å². The maximum absolute atomic E-state index is 9.41. The SMILES string of the molecule is Cc1cccc(-n2cccc2CN(CCO)Cc2ccccc2)n1. The fraction of sp³-hybridized carbons (Fsp3) is 0.250. The van der Waals surface area contributed by atoms with Crippen molar-refractivity contribution in [2.24, 2.45) is 0 Å². The van der Waals surface area contributed by atoms with E-state index in [1.807, 2.05) is 55.6 Å².